The Morgan fingerprint density at radius 1 is 1.53 bits per heavy atom. The highest BCUT2D eigenvalue weighted by Crippen LogP contribution is 2.33. The number of aryl methyl sites for hydroxylation is 1. The first-order valence-corrected chi connectivity index (χ1v) is 5.93. The first kappa shape index (κ1) is 14.3. The molecule has 98 valence electrons. The van der Waals surface area contributed by atoms with E-state index in [0.717, 1.165) is 6.92 Å². The summed E-state index contributed by atoms with van der Waals surface area (Å²) in [5.41, 5.74) is 0. The summed E-state index contributed by atoms with van der Waals surface area (Å²) >= 11 is 0.665. The predicted octanol–water partition coefficient (Wildman–Crippen LogP) is 2.36. The van der Waals surface area contributed by atoms with Crippen LogP contribution in [0.15, 0.2) is 11.5 Å². The SMILES string of the molecule is COCCCn1cnnc1S[C@@H](C)C(F)(F)F. The molecule has 0 radical (unpaired) electrons. The second-order valence-corrected chi connectivity index (χ2v) is 4.76. The van der Waals surface area contributed by atoms with Crippen molar-refractivity contribution in [2.24, 2.45) is 0 Å². The van der Waals surface area contributed by atoms with Gasteiger partial charge in [0.15, 0.2) is 5.16 Å². The summed E-state index contributed by atoms with van der Waals surface area (Å²) in [7, 11) is 1.58. The number of methoxy groups -OCH3 is 1. The molecule has 1 aromatic rings. The molecule has 0 bridgehead atoms. The molecule has 0 aliphatic rings. The number of thioether (sulfide) groups is 1. The van der Waals surface area contributed by atoms with E-state index in [2.05, 4.69) is 10.2 Å². The second-order valence-electron chi connectivity index (χ2n) is 3.45. The van der Waals surface area contributed by atoms with Gasteiger partial charge in [0, 0.05) is 20.3 Å². The Morgan fingerprint density at radius 2 is 2.24 bits per heavy atom. The van der Waals surface area contributed by atoms with Crippen molar-refractivity contribution in [2.75, 3.05) is 13.7 Å². The zero-order chi connectivity index (χ0) is 12.9. The maximum absolute atomic E-state index is 12.4. The number of alkyl halides is 3. The fourth-order valence-corrected chi connectivity index (χ4v) is 1.91. The molecular formula is C9H14F3N3OS. The topological polar surface area (TPSA) is 39.9 Å². The van der Waals surface area contributed by atoms with Crippen molar-refractivity contribution < 1.29 is 17.9 Å². The van der Waals surface area contributed by atoms with Crippen molar-refractivity contribution in [1.29, 1.82) is 0 Å². The Morgan fingerprint density at radius 3 is 2.82 bits per heavy atom. The van der Waals surface area contributed by atoms with Crippen molar-refractivity contribution in [1.82, 2.24) is 14.8 Å². The van der Waals surface area contributed by atoms with E-state index in [-0.39, 0.29) is 5.16 Å². The van der Waals surface area contributed by atoms with Crippen LogP contribution in [0.3, 0.4) is 0 Å². The van der Waals surface area contributed by atoms with Gasteiger partial charge in [0.1, 0.15) is 11.6 Å². The standard InChI is InChI=1S/C9H14F3N3OS/c1-7(9(10,11)12)17-8-14-13-6-15(8)4-3-5-16-2/h6-7H,3-5H2,1-2H3/t7-/m0/s1. The van der Waals surface area contributed by atoms with Crippen LogP contribution in [0.25, 0.3) is 0 Å². The number of hydrogen-bond acceptors (Lipinski definition) is 4. The lowest BCUT2D eigenvalue weighted by Crippen LogP contribution is -2.22. The molecule has 0 amide bonds. The molecule has 0 saturated heterocycles. The largest absolute Gasteiger partial charge is 0.400 e. The molecule has 0 N–H and O–H groups in total. The van der Waals surface area contributed by atoms with Gasteiger partial charge in [-0.3, -0.25) is 0 Å². The van der Waals surface area contributed by atoms with Gasteiger partial charge < -0.3 is 9.30 Å². The van der Waals surface area contributed by atoms with Crippen molar-refractivity contribution in [3.05, 3.63) is 6.33 Å². The van der Waals surface area contributed by atoms with Crippen LogP contribution in [0.5, 0.6) is 0 Å². The van der Waals surface area contributed by atoms with E-state index in [0.29, 0.717) is 31.3 Å². The van der Waals surface area contributed by atoms with Crippen molar-refractivity contribution in [3.63, 3.8) is 0 Å². The lowest BCUT2D eigenvalue weighted by molar-refractivity contribution is -0.125. The van der Waals surface area contributed by atoms with Crippen LogP contribution in [0.1, 0.15) is 13.3 Å². The summed E-state index contributed by atoms with van der Waals surface area (Å²) in [5, 5.41) is 6.09. The molecule has 1 atom stereocenters. The molecule has 0 aliphatic carbocycles. The number of hydrogen-bond donors (Lipinski definition) is 0. The van der Waals surface area contributed by atoms with E-state index in [1.807, 2.05) is 0 Å². The lowest BCUT2D eigenvalue weighted by atomic mass is 10.4. The van der Waals surface area contributed by atoms with Gasteiger partial charge in [-0.25, -0.2) is 0 Å². The van der Waals surface area contributed by atoms with Crippen LogP contribution in [0, 0.1) is 0 Å². The number of nitrogens with zero attached hydrogens (tertiary/aromatic N) is 3. The molecule has 8 heteroatoms. The van der Waals surface area contributed by atoms with Crippen LogP contribution in [0.4, 0.5) is 13.2 Å². The van der Waals surface area contributed by atoms with Gasteiger partial charge in [0.25, 0.3) is 0 Å². The van der Waals surface area contributed by atoms with E-state index >= 15 is 0 Å². The smallest absolute Gasteiger partial charge is 0.385 e. The first-order chi connectivity index (χ1) is 7.95. The summed E-state index contributed by atoms with van der Waals surface area (Å²) in [6.07, 6.45) is -2.09. The highest BCUT2D eigenvalue weighted by Gasteiger charge is 2.37. The quantitative estimate of drug-likeness (QED) is 0.587. The maximum Gasteiger partial charge on any atom is 0.400 e. The predicted molar refractivity (Wildman–Crippen MR) is 57.9 cm³/mol. The third-order valence-corrected chi connectivity index (χ3v) is 3.22. The van der Waals surface area contributed by atoms with E-state index in [1.165, 1.54) is 6.33 Å². The number of aromatic nitrogens is 3. The average molecular weight is 269 g/mol. The minimum absolute atomic E-state index is 0.283. The van der Waals surface area contributed by atoms with Crippen molar-refractivity contribution in [2.45, 2.75) is 36.5 Å². The third-order valence-electron chi connectivity index (χ3n) is 2.07. The molecule has 0 saturated carbocycles. The fourth-order valence-electron chi connectivity index (χ4n) is 1.09. The van der Waals surface area contributed by atoms with Gasteiger partial charge in [0.05, 0.1) is 0 Å². The zero-order valence-electron chi connectivity index (χ0n) is 9.57. The molecule has 0 aromatic carbocycles. The summed E-state index contributed by atoms with van der Waals surface area (Å²) in [5.74, 6) is 0. The molecule has 0 aliphatic heterocycles. The highest BCUT2D eigenvalue weighted by atomic mass is 32.2. The van der Waals surface area contributed by atoms with Gasteiger partial charge in [-0.05, 0) is 13.3 Å². The molecule has 1 rings (SSSR count). The van der Waals surface area contributed by atoms with E-state index in [1.54, 1.807) is 11.7 Å². The first-order valence-electron chi connectivity index (χ1n) is 5.05. The molecule has 0 fully saturated rings. The molecule has 0 spiro atoms. The molecule has 17 heavy (non-hydrogen) atoms. The van der Waals surface area contributed by atoms with Crippen molar-refractivity contribution in [3.8, 4) is 0 Å². The zero-order valence-corrected chi connectivity index (χ0v) is 10.4. The van der Waals surface area contributed by atoms with Crippen LogP contribution in [-0.2, 0) is 11.3 Å². The maximum atomic E-state index is 12.4. The summed E-state index contributed by atoms with van der Waals surface area (Å²) in [6, 6.07) is 0. The highest BCUT2D eigenvalue weighted by molar-refractivity contribution is 7.99. The summed E-state index contributed by atoms with van der Waals surface area (Å²) < 4.78 is 43.6. The van der Waals surface area contributed by atoms with Crippen molar-refractivity contribution >= 4 is 11.8 Å². The van der Waals surface area contributed by atoms with Gasteiger partial charge >= 0.3 is 6.18 Å². The van der Waals surface area contributed by atoms with Crippen LogP contribution >= 0.6 is 11.8 Å². The van der Waals surface area contributed by atoms with Gasteiger partial charge in [-0.2, -0.15) is 13.2 Å². The van der Waals surface area contributed by atoms with Gasteiger partial charge in [0.2, 0.25) is 0 Å². The monoisotopic (exact) mass is 269 g/mol. The Labute approximate surface area is 102 Å². The molecule has 1 aromatic heterocycles. The Balaban J connectivity index is 2.56. The summed E-state index contributed by atoms with van der Waals surface area (Å²) in [4.78, 5) is 0. The number of halogens is 3. The lowest BCUT2D eigenvalue weighted by Gasteiger charge is -2.14. The number of ether oxygens (including phenoxy) is 1. The minimum atomic E-state index is -4.23. The molecule has 1 heterocycles. The second kappa shape index (κ2) is 6.25. The fraction of sp³-hybridized carbons (Fsp3) is 0.778. The van der Waals surface area contributed by atoms with Crippen LogP contribution in [-0.4, -0.2) is 39.9 Å². The van der Waals surface area contributed by atoms with E-state index in [4.69, 9.17) is 4.74 Å². The average Bonchev–Trinajstić information content (AvgIpc) is 2.65. The third kappa shape index (κ3) is 4.55. The van der Waals surface area contributed by atoms with Gasteiger partial charge in [-0.1, -0.05) is 11.8 Å². The Hall–Kier alpha value is -0.760. The Kier molecular flexibility index (Phi) is 5.26. The molecule has 0 unspecified atom stereocenters. The normalized spacial score (nSPS) is 13.9. The van der Waals surface area contributed by atoms with Crippen LogP contribution in [0.2, 0.25) is 0 Å². The molecule has 4 nitrogen and oxygen atoms in total. The Bertz CT molecular complexity index is 342. The van der Waals surface area contributed by atoms with Crippen LogP contribution < -0.4 is 0 Å². The summed E-state index contributed by atoms with van der Waals surface area (Å²) in [6.45, 7) is 2.21. The van der Waals surface area contributed by atoms with Gasteiger partial charge in [-0.15, -0.1) is 10.2 Å². The molecular weight excluding hydrogens is 255 g/mol. The number of rotatable bonds is 6. The van der Waals surface area contributed by atoms with E-state index < -0.39 is 11.4 Å². The minimum Gasteiger partial charge on any atom is -0.385 e. The van der Waals surface area contributed by atoms with E-state index in [9.17, 15) is 13.2 Å².